The summed E-state index contributed by atoms with van der Waals surface area (Å²) in [6.07, 6.45) is -0.655. The van der Waals surface area contributed by atoms with Crippen LogP contribution in [0.3, 0.4) is 0 Å². The molecule has 0 amide bonds. The third kappa shape index (κ3) is 3.60. The van der Waals surface area contributed by atoms with Crippen LogP contribution in [0.15, 0.2) is 18.2 Å². The molecule has 0 spiro atoms. The predicted octanol–water partition coefficient (Wildman–Crippen LogP) is 1.87. The van der Waals surface area contributed by atoms with Crippen LogP contribution in [0.2, 0.25) is 0 Å². The molecule has 2 aliphatic rings. The third-order valence-corrected chi connectivity index (χ3v) is 5.17. The van der Waals surface area contributed by atoms with Crippen molar-refractivity contribution in [3.8, 4) is 0 Å². The smallest absolute Gasteiger partial charge is 0.269 e. The van der Waals surface area contributed by atoms with Gasteiger partial charge in [0.2, 0.25) is 0 Å². The van der Waals surface area contributed by atoms with E-state index >= 15 is 0 Å². The highest BCUT2D eigenvalue weighted by molar-refractivity contribution is 5.43. The van der Waals surface area contributed by atoms with Gasteiger partial charge in [0.05, 0.1) is 17.1 Å². The summed E-state index contributed by atoms with van der Waals surface area (Å²) in [4.78, 5) is 10.6. The number of rotatable bonds is 6. The lowest BCUT2D eigenvalue weighted by atomic mass is 9.99. The first kappa shape index (κ1) is 19.2. The van der Waals surface area contributed by atoms with Gasteiger partial charge in [0, 0.05) is 33.5 Å². The van der Waals surface area contributed by atoms with Gasteiger partial charge in [-0.2, -0.15) is 0 Å². The van der Waals surface area contributed by atoms with E-state index in [1.54, 1.807) is 33.5 Å². The second kappa shape index (κ2) is 7.98. The lowest BCUT2D eigenvalue weighted by Gasteiger charge is -2.44. The molecule has 0 aromatic heterocycles. The first-order valence-corrected chi connectivity index (χ1v) is 8.64. The number of nitrogens with zero attached hydrogens (tertiary/aromatic N) is 1. The lowest BCUT2D eigenvalue weighted by molar-refractivity contribution is -0.384. The zero-order valence-electron chi connectivity index (χ0n) is 15.4. The number of benzene rings is 1. The maximum atomic E-state index is 11.0. The highest BCUT2D eigenvalue weighted by atomic mass is 16.7. The topological polar surface area (TPSA) is 89.3 Å². The van der Waals surface area contributed by atoms with Crippen molar-refractivity contribution < 1.29 is 28.6 Å². The molecule has 3 rings (SSSR count). The fourth-order valence-corrected chi connectivity index (χ4v) is 3.89. The lowest BCUT2D eigenvalue weighted by Crippen LogP contribution is -2.59. The highest BCUT2D eigenvalue weighted by Gasteiger charge is 2.47. The number of non-ortho nitro benzene ring substituents is 1. The van der Waals surface area contributed by atoms with E-state index in [2.05, 4.69) is 0 Å². The standard InChI is InChI=1S/C18H25NO7/c1-10-15(22-2)16(23-3)17(24-4)18(25-10)26-14-8-11-5-6-13(19(20)21)7-12(11)9-14/h5-7,10,14-18H,8-9H2,1-4H3/t10-,14?,15-,16+,17+,18-/m0/s1. The van der Waals surface area contributed by atoms with Gasteiger partial charge in [-0.25, -0.2) is 0 Å². The molecule has 1 aliphatic heterocycles. The molecule has 1 fully saturated rings. The average molecular weight is 367 g/mol. The second-order valence-electron chi connectivity index (χ2n) is 6.69. The fraction of sp³-hybridized carbons (Fsp3) is 0.667. The molecule has 1 aliphatic carbocycles. The van der Waals surface area contributed by atoms with Crippen LogP contribution < -0.4 is 0 Å². The fourth-order valence-electron chi connectivity index (χ4n) is 3.89. The molecule has 0 radical (unpaired) electrons. The monoisotopic (exact) mass is 367 g/mol. The summed E-state index contributed by atoms with van der Waals surface area (Å²) >= 11 is 0. The number of nitro groups is 1. The van der Waals surface area contributed by atoms with Crippen molar-refractivity contribution in [2.24, 2.45) is 0 Å². The Balaban J connectivity index is 1.71. The summed E-state index contributed by atoms with van der Waals surface area (Å²) < 4.78 is 28.8. The zero-order valence-corrected chi connectivity index (χ0v) is 15.4. The Hall–Kier alpha value is -1.58. The van der Waals surface area contributed by atoms with Crippen molar-refractivity contribution in [1.29, 1.82) is 0 Å². The molecular weight excluding hydrogens is 342 g/mol. The molecule has 1 saturated heterocycles. The predicted molar refractivity (Wildman–Crippen MR) is 92.1 cm³/mol. The molecule has 1 unspecified atom stereocenters. The van der Waals surface area contributed by atoms with Gasteiger partial charge in [-0.3, -0.25) is 10.1 Å². The van der Waals surface area contributed by atoms with E-state index in [9.17, 15) is 10.1 Å². The normalized spacial score (nSPS) is 33.8. The van der Waals surface area contributed by atoms with Crippen molar-refractivity contribution in [3.63, 3.8) is 0 Å². The molecule has 6 atom stereocenters. The van der Waals surface area contributed by atoms with Gasteiger partial charge >= 0.3 is 0 Å². The van der Waals surface area contributed by atoms with Gasteiger partial charge in [0.1, 0.15) is 18.3 Å². The molecule has 144 valence electrons. The summed E-state index contributed by atoms with van der Waals surface area (Å²) in [5, 5.41) is 11.0. The molecule has 8 heteroatoms. The first-order chi connectivity index (χ1) is 12.5. The van der Waals surface area contributed by atoms with Gasteiger partial charge in [-0.15, -0.1) is 0 Å². The minimum absolute atomic E-state index is 0.101. The number of hydrogen-bond acceptors (Lipinski definition) is 7. The van der Waals surface area contributed by atoms with Gasteiger partial charge in [-0.1, -0.05) is 6.07 Å². The Bertz CT molecular complexity index is 652. The molecule has 0 saturated carbocycles. The number of fused-ring (bicyclic) bond motifs is 1. The summed E-state index contributed by atoms with van der Waals surface area (Å²) in [6, 6.07) is 4.95. The second-order valence-corrected chi connectivity index (χ2v) is 6.69. The van der Waals surface area contributed by atoms with Crippen molar-refractivity contribution in [2.45, 2.75) is 56.6 Å². The molecule has 0 bridgehead atoms. The highest BCUT2D eigenvalue weighted by Crippen LogP contribution is 2.32. The number of methoxy groups -OCH3 is 3. The van der Waals surface area contributed by atoms with Crippen LogP contribution in [0.4, 0.5) is 5.69 Å². The minimum atomic E-state index is -0.597. The third-order valence-electron chi connectivity index (χ3n) is 5.17. The molecular formula is C18H25NO7. The maximum Gasteiger partial charge on any atom is 0.269 e. The number of ether oxygens (including phenoxy) is 5. The Kier molecular flexibility index (Phi) is 5.89. The van der Waals surface area contributed by atoms with E-state index in [1.807, 2.05) is 6.92 Å². The summed E-state index contributed by atoms with van der Waals surface area (Å²) in [5.41, 5.74) is 2.11. The average Bonchev–Trinajstić information content (AvgIpc) is 3.02. The molecule has 1 aromatic carbocycles. The zero-order chi connectivity index (χ0) is 18.8. The van der Waals surface area contributed by atoms with Gasteiger partial charge in [0.25, 0.3) is 5.69 Å². The van der Waals surface area contributed by atoms with Gasteiger partial charge < -0.3 is 23.7 Å². The van der Waals surface area contributed by atoms with E-state index in [0.717, 1.165) is 11.1 Å². The Morgan fingerprint density at radius 2 is 1.69 bits per heavy atom. The van der Waals surface area contributed by atoms with Crippen LogP contribution in [-0.4, -0.2) is 63.1 Å². The molecule has 26 heavy (non-hydrogen) atoms. The maximum absolute atomic E-state index is 11.0. The Labute approximate surface area is 152 Å². The number of hydrogen-bond donors (Lipinski definition) is 0. The Morgan fingerprint density at radius 3 is 2.31 bits per heavy atom. The molecule has 1 aromatic rings. The van der Waals surface area contributed by atoms with Crippen molar-refractivity contribution in [1.82, 2.24) is 0 Å². The molecule has 1 heterocycles. The summed E-state index contributed by atoms with van der Waals surface area (Å²) in [6.45, 7) is 1.91. The number of nitro benzene ring substituents is 1. The Morgan fingerprint density at radius 1 is 1.04 bits per heavy atom. The molecule has 0 N–H and O–H groups in total. The van der Waals surface area contributed by atoms with Gasteiger partial charge in [-0.05, 0) is 30.9 Å². The van der Waals surface area contributed by atoms with Crippen LogP contribution in [0, 0.1) is 10.1 Å². The molecule has 8 nitrogen and oxygen atoms in total. The first-order valence-electron chi connectivity index (χ1n) is 8.64. The summed E-state index contributed by atoms with van der Waals surface area (Å²) in [7, 11) is 4.82. The van der Waals surface area contributed by atoms with Crippen molar-refractivity contribution >= 4 is 5.69 Å². The largest absolute Gasteiger partial charge is 0.376 e. The van der Waals surface area contributed by atoms with E-state index < -0.39 is 12.4 Å². The quantitative estimate of drug-likeness (QED) is 0.560. The van der Waals surface area contributed by atoms with Crippen LogP contribution in [0.1, 0.15) is 18.1 Å². The van der Waals surface area contributed by atoms with Crippen LogP contribution in [0.5, 0.6) is 0 Å². The van der Waals surface area contributed by atoms with E-state index in [4.69, 9.17) is 23.7 Å². The van der Waals surface area contributed by atoms with E-state index in [0.29, 0.717) is 12.8 Å². The minimum Gasteiger partial charge on any atom is -0.376 e. The van der Waals surface area contributed by atoms with E-state index in [-0.39, 0.29) is 35.0 Å². The van der Waals surface area contributed by atoms with Crippen LogP contribution >= 0.6 is 0 Å². The van der Waals surface area contributed by atoms with Crippen LogP contribution in [0.25, 0.3) is 0 Å². The summed E-state index contributed by atoms with van der Waals surface area (Å²) in [5.74, 6) is 0. The van der Waals surface area contributed by atoms with E-state index in [1.165, 1.54) is 6.07 Å². The SMILES string of the molecule is CO[C@@H]1[C@@H](OC)[C@H](C)O[C@@H](OC2Cc3ccc([N+](=O)[O-])cc3C2)[C@@H]1OC. The van der Waals surface area contributed by atoms with Gasteiger partial charge in [0.15, 0.2) is 6.29 Å². The van der Waals surface area contributed by atoms with Crippen LogP contribution in [-0.2, 0) is 36.5 Å². The van der Waals surface area contributed by atoms with Crippen molar-refractivity contribution in [3.05, 3.63) is 39.4 Å². The van der Waals surface area contributed by atoms with Crippen molar-refractivity contribution in [2.75, 3.05) is 21.3 Å².